The molecule has 0 heterocycles. The Balaban J connectivity index is 4.37. The van der Waals surface area contributed by atoms with Gasteiger partial charge in [0.15, 0.2) is 6.10 Å². The van der Waals surface area contributed by atoms with E-state index in [1.807, 2.05) is 21.1 Å². The van der Waals surface area contributed by atoms with Gasteiger partial charge in [-0.25, -0.2) is 0 Å². The minimum absolute atomic E-state index is 0.0319. The molecule has 0 amide bonds. The smallest absolute Gasteiger partial charge is 0.306 e. The highest BCUT2D eigenvalue weighted by atomic mass is 31.2. The fourth-order valence-electron chi connectivity index (χ4n) is 5.98. The monoisotopic (exact) mass is 786 g/mol. The molecule has 0 aliphatic heterocycles. The van der Waals surface area contributed by atoms with Crippen molar-refractivity contribution in [1.82, 2.24) is 0 Å². The van der Waals surface area contributed by atoms with Gasteiger partial charge in [-0.15, -0.1) is 0 Å². The van der Waals surface area contributed by atoms with E-state index < -0.39 is 26.5 Å². The SMILES string of the molecule is CCCCCC/C=C\C/C=C\CCCCCCCC(=O)OC(COC(=O)CCCCCCCCCCCCCCCC)COP(=O)([O-])OCC[N+](C)(C)C. The van der Waals surface area contributed by atoms with Crippen molar-refractivity contribution >= 4 is 19.8 Å². The third kappa shape index (κ3) is 40.2. The molecule has 54 heavy (non-hydrogen) atoms. The molecule has 0 aliphatic carbocycles. The third-order valence-corrected chi connectivity index (χ3v) is 10.4. The lowest BCUT2D eigenvalue weighted by Crippen LogP contribution is -2.37. The molecular weight excluding hydrogens is 701 g/mol. The highest BCUT2D eigenvalue weighted by molar-refractivity contribution is 7.45. The minimum Gasteiger partial charge on any atom is -0.756 e. The highest BCUT2D eigenvalue weighted by Crippen LogP contribution is 2.38. The Hall–Kier alpha value is -1.51. The maximum atomic E-state index is 12.7. The fraction of sp³-hybridized carbons (Fsp3) is 0.864. The minimum atomic E-state index is -4.62. The zero-order chi connectivity index (χ0) is 40.0. The number of allylic oxidation sites excluding steroid dienone is 4. The van der Waals surface area contributed by atoms with Gasteiger partial charge in [-0.3, -0.25) is 14.2 Å². The average Bonchev–Trinajstić information content (AvgIpc) is 3.12. The number of rotatable bonds is 40. The van der Waals surface area contributed by atoms with E-state index in [0.29, 0.717) is 17.4 Å². The van der Waals surface area contributed by atoms with E-state index in [1.54, 1.807) is 0 Å². The van der Waals surface area contributed by atoms with Crippen LogP contribution < -0.4 is 4.89 Å². The molecule has 0 aromatic carbocycles. The molecule has 0 radical (unpaired) electrons. The first-order chi connectivity index (χ1) is 26.0. The van der Waals surface area contributed by atoms with Crippen LogP contribution in [0.2, 0.25) is 0 Å². The van der Waals surface area contributed by atoms with E-state index >= 15 is 0 Å². The van der Waals surface area contributed by atoms with Gasteiger partial charge in [-0.1, -0.05) is 160 Å². The predicted molar refractivity (Wildman–Crippen MR) is 222 cm³/mol. The van der Waals surface area contributed by atoms with Crippen LogP contribution in [-0.2, 0) is 32.7 Å². The van der Waals surface area contributed by atoms with E-state index in [4.69, 9.17) is 18.5 Å². The Kier molecular flexibility index (Phi) is 36.1. The number of hydrogen-bond acceptors (Lipinski definition) is 8. The lowest BCUT2D eigenvalue weighted by Gasteiger charge is -2.28. The Morgan fingerprint density at radius 3 is 1.48 bits per heavy atom. The summed E-state index contributed by atoms with van der Waals surface area (Å²) in [5, 5.41) is 0. The van der Waals surface area contributed by atoms with Gasteiger partial charge >= 0.3 is 11.9 Å². The summed E-state index contributed by atoms with van der Waals surface area (Å²) < 4.78 is 33.9. The summed E-state index contributed by atoms with van der Waals surface area (Å²) in [6, 6.07) is 0. The van der Waals surface area contributed by atoms with Crippen molar-refractivity contribution in [2.24, 2.45) is 0 Å². The standard InChI is InChI=1S/C44H84NO8P/c1-6-8-10-12-14-16-18-20-22-23-25-27-29-31-33-35-37-44(47)53-42(41-52-54(48,49)51-39-38-45(3,4)5)40-50-43(46)36-34-32-30-28-26-24-21-19-17-15-13-11-9-7-2/h16,18,22-23,42H,6-15,17,19-21,24-41H2,1-5H3/b18-16-,23-22-. The Morgan fingerprint density at radius 2 is 1.00 bits per heavy atom. The van der Waals surface area contributed by atoms with Gasteiger partial charge in [0.05, 0.1) is 27.7 Å². The van der Waals surface area contributed by atoms with Crippen molar-refractivity contribution in [2.75, 3.05) is 47.5 Å². The van der Waals surface area contributed by atoms with Crippen molar-refractivity contribution < 1.29 is 42.1 Å². The van der Waals surface area contributed by atoms with Crippen LogP contribution >= 0.6 is 7.82 Å². The van der Waals surface area contributed by atoms with Crippen LogP contribution in [0.15, 0.2) is 24.3 Å². The van der Waals surface area contributed by atoms with Crippen LogP contribution in [0, 0.1) is 0 Å². The van der Waals surface area contributed by atoms with Crippen molar-refractivity contribution in [2.45, 2.75) is 200 Å². The first-order valence-electron chi connectivity index (χ1n) is 22.0. The molecule has 0 aliphatic rings. The summed E-state index contributed by atoms with van der Waals surface area (Å²) in [7, 11) is 1.16. The second kappa shape index (κ2) is 37.1. The molecule has 2 atom stereocenters. The second-order valence-corrected chi connectivity index (χ2v) is 17.5. The topological polar surface area (TPSA) is 111 Å². The number of phosphoric ester groups is 1. The van der Waals surface area contributed by atoms with Gasteiger partial charge in [0.1, 0.15) is 19.8 Å². The third-order valence-electron chi connectivity index (χ3n) is 9.47. The van der Waals surface area contributed by atoms with Gasteiger partial charge in [0.25, 0.3) is 7.82 Å². The van der Waals surface area contributed by atoms with Crippen LogP contribution in [0.1, 0.15) is 194 Å². The van der Waals surface area contributed by atoms with E-state index in [9.17, 15) is 19.0 Å². The first kappa shape index (κ1) is 52.5. The van der Waals surface area contributed by atoms with E-state index in [-0.39, 0.29) is 32.0 Å². The van der Waals surface area contributed by atoms with Crippen LogP contribution in [-0.4, -0.2) is 70.0 Å². The quantitative estimate of drug-likeness (QED) is 0.0198. The molecule has 318 valence electrons. The molecule has 0 saturated heterocycles. The number of phosphoric acid groups is 1. The van der Waals surface area contributed by atoms with E-state index in [1.165, 1.54) is 103 Å². The number of esters is 2. The van der Waals surface area contributed by atoms with Crippen LogP contribution in [0.5, 0.6) is 0 Å². The zero-order valence-corrected chi connectivity index (χ0v) is 36.6. The molecule has 0 N–H and O–H groups in total. The van der Waals surface area contributed by atoms with Gasteiger partial charge < -0.3 is 27.9 Å². The summed E-state index contributed by atoms with van der Waals surface area (Å²) >= 11 is 0. The van der Waals surface area contributed by atoms with Crippen molar-refractivity contribution in [3.05, 3.63) is 24.3 Å². The molecule has 0 aromatic rings. The molecule has 0 rings (SSSR count). The van der Waals surface area contributed by atoms with Crippen molar-refractivity contribution in [3.8, 4) is 0 Å². The Bertz CT molecular complexity index is 980. The molecular formula is C44H84NO8P. The molecule has 0 fully saturated rings. The van der Waals surface area contributed by atoms with Crippen LogP contribution in [0.25, 0.3) is 0 Å². The highest BCUT2D eigenvalue weighted by Gasteiger charge is 2.21. The number of carbonyl (C=O) groups is 2. The van der Waals surface area contributed by atoms with Gasteiger partial charge in [-0.2, -0.15) is 0 Å². The molecule has 0 aromatic heterocycles. The average molecular weight is 786 g/mol. The summed E-state index contributed by atoms with van der Waals surface area (Å²) in [6.07, 6.45) is 39.1. The number of quaternary nitrogens is 1. The predicted octanol–water partition coefficient (Wildman–Crippen LogP) is 11.7. The lowest BCUT2D eigenvalue weighted by molar-refractivity contribution is -0.870. The van der Waals surface area contributed by atoms with Crippen LogP contribution in [0.4, 0.5) is 0 Å². The largest absolute Gasteiger partial charge is 0.756 e. The summed E-state index contributed by atoms with van der Waals surface area (Å²) in [6.45, 7) is 4.20. The van der Waals surface area contributed by atoms with E-state index in [2.05, 4.69) is 38.2 Å². The number of likely N-dealkylation sites (N-methyl/N-ethyl adjacent to an activating group) is 1. The number of unbranched alkanes of at least 4 members (excludes halogenated alkanes) is 22. The Morgan fingerprint density at radius 1 is 0.574 bits per heavy atom. The molecule has 0 saturated carbocycles. The van der Waals surface area contributed by atoms with Crippen molar-refractivity contribution in [1.29, 1.82) is 0 Å². The van der Waals surface area contributed by atoms with Gasteiger partial charge in [0, 0.05) is 12.8 Å². The zero-order valence-electron chi connectivity index (χ0n) is 35.7. The summed E-state index contributed by atoms with van der Waals surface area (Å²) in [5.74, 6) is -0.844. The summed E-state index contributed by atoms with van der Waals surface area (Å²) in [5.41, 5.74) is 0. The molecule has 0 bridgehead atoms. The molecule has 2 unspecified atom stereocenters. The van der Waals surface area contributed by atoms with Gasteiger partial charge in [-0.05, 0) is 44.9 Å². The second-order valence-electron chi connectivity index (χ2n) is 16.1. The fourth-order valence-corrected chi connectivity index (χ4v) is 6.71. The summed E-state index contributed by atoms with van der Waals surface area (Å²) in [4.78, 5) is 37.5. The number of carbonyl (C=O) groups excluding carboxylic acids is 2. The Labute approximate surface area is 332 Å². The lowest BCUT2D eigenvalue weighted by atomic mass is 10.0. The molecule has 10 heteroatoms. The maximum absolute atomic E-state index is 12.7. The van der Waals surface area contributed by atoms with E-state index in [0.717, 1.165) is 57.8 Å². The first-order valence-corrected chi connectivity index (χ1v) is 23.5. The number of hydrogen-bond donors (Lipinski definition) is 0. The maximum Gasteiger partial charge on any atom is 0.306 e. The number of nitrogens with zero attached hydrogens (tertiary/aromatic N) is 1. The molecule has 9 nitrogen and oxygen atoms in total. The number of ether oxygens (including phenoxy) is 2. The van der Waals surface area contributed by atoms with Crippen LogP contribution in [0.3, 0.4) is 0 Å². The van der Waals surface area contributed by atoms with Gasteiger partial charge in [0.2, 0.25) is 0 Å². The van der Waals surface area contributed by atoms with Crippen molar-refractivity contribution in [3.63, 3.8) is 0 Å². The normalized spacial score (nSPS) is 13.8. The molecule has 0 spiro atoms.